The average Bonchev–Trinajstić information content (AvgIpc) is 2.43. The van der Waals surface area contributed by atoms with Crippen LogP contribution in [0, 0.1) is 0 Å². The van der Waals surface area contributed by atoms with E-state index in [1.54, 1.807) is 0 Å². The lowest BCUT2D eigenvalue weighted by molar-refractivity contribution is 0.00578. The molecule has 0 aromatic heterocycles. The molecule has 104 valence electrons. The molecule has 0 aromatic carbocycles. The first-order chi connectivity index (χ1) is 8.12. The quantitative estimate of drug-likeness (QED) is 0.537. The molecular formula is C15H29BO2. The summed E-state index contributed by atoms with van der Waals surface area (Å²) in [5.74, 6) is 0.376. The molecule has 0 N–H and O–H groups in total. The van der Waals surface area contributed by atoms with Crippen molar-refractivity contribution in [1.29, 1.82) is 0 Å². The first kappa shape index (κ1) is 15.8. The highest BCUT2D eigenvalue weighted by Crippen LogP contribution is 2.43. The van der Waals surface area contributed by atoms with E-state index in [1.807, 2.05) is 0 Å². The molecule has 0 aromatic rings. The second kappa shape index (κ2) is 5.38. The van der Waals surface area contributed by atoms with Crippen LogP contribution in [0.15, 0.2) is 11.1 Å². The van der Waals surface area contributed by atoms with Crippen LogP contribution in [0.4, 0.5) is 0 Å². The van der Waals surface area contributed by atoms with Crippen molar-refractivity contribution in [2.24, 2.45) is 0 Å². The molecule has 0 saturated carbocycles. The molecule has 1 heterocycles. The van der Waals surface area contributed by atoms with E-state index in [1.165, 1.54) is 11.1 Å². The van der Waals surface area contributed by atoms with Crippen LogP contribution in [0.25, 0.3) is 0 Å². The maximum Gasteiger partial charge on any atom is 0.465 e. The van der Waals surface area contributed by atoms with Crippen LogP contribution in [0.1, 0.15) is 68.2 Å². The average molecular weight is 252 g/mol. The first-order valence-corrected chi connectivity index (χ1v) is 7.12. The fourth-order valence-corrected chi connectivity index (χ4v) is 2.29. The van der Waals surface area contributed by atoms with Gasteiger partial charge in [0.1, 0.15) is 0 Å². The van der Waals surface area contributed by atoms with Gasteiger partial charge < -0.3 is 9.31 Å². The van der Waals surface area contributed by atoms with Crippen LogP contribution < -0.4 is 0 Å². The minimum Gasteiger partial charge on any atom is -0.403 e. The molecule has 3 heteroatoms. The van der Waals surface area contributed by atoms with Crippen molar-refractivity contribution >= 4 is 7.12 Å². The topological polar surface area (TPSA) is 18.5 Å². The van der Waals surface area contributed by atoms with Crippen molar-refractivity contribution in [1.82, 2.24) is 0 Å². The summed E-state index contributed by atoms with van der Waals surface area (Å²) in [7, 11) is -0.107. The van der Waals surface area contributed by atoms with Crippen molar-refractivity contribution in [3.8, 4) is 0 Å². The Bertz CT molecular complexity index is 311. The highest BCUT2D eigenvalue weighted by atomic mass is 16.7. The van der Waals surface area contributed by atoms with Gasteiger partial charge >= 0.3 is 7.12 Å². The van der Waals surface area contributed by atoms with Crippen LogP contribution in [0.2, 0.25) is 5.82 Å². The van der Waals surface area contributed by atoms with E-state index < -0.39 is 0 Å². The van der Waals surface area contributed by atoms with Gasteiger partial charge in [0.15, 0.2) is 0 Å². The first-order valence-electron chi connectivity index (χ1n) is 7.12. The molecule has 0 spiro atoms. The Morgan fingerprint density at radius 2 is 1.44 bits per heavy atom. The fourth-order valence-electron chi connectivity index (χ4n) is 2.29. The molecule has 0 bridgehead atoms. The number of hydrogen-bond acceptors (Lipinski definition) is 2. The van der Waals surface area contributed by atoms with Gasteiger partial charge in [0.2, 0.25) is 0 Å². The Hall–Kier alpha value is -0.275. The Labute approximate surface area is 113 Å². The predicted octanol–water partition coefficient (Wildman–Crippen LogP) is 4.61. The van der Waals surface area contributed by atoms with Crippen LogP contribution in [-0.2, 0) is 9.31 Å². The summed E-state index contributed by atoms with van der Waals surface area (Å²) in [5.41, 5.74) is 2.33. The Balaban J connectivity index is 2.95. The van der Waals surface area contributed by atoms with Gasteiger partial charge in [0, 0.05) is 5.82 Å². The van der Waals surface area contributed by atoms with Gasteiger partial charge in [-0.2, -0.15) is 0 Å². The smallest absolute Gasteiger partial charge is 0.403 e. The Morgan fingerprint density at radius 3 is 1.78 bits per heavy atom. The lowest BCUT2D eigenvalue weighted by Crippen LogP contribution is -2.41. The van der Waals surface area contributed by atoms with E-state index in [4.69, 9.17) is 9.31 Å². The largest absolute Gasteiger partial charge is 0.465 e. The van der Waals surface area contributed by atoms with Gasteiger partial charge in [0.25, 0.3) is 0 Å². The fraction of sp³-hybridized carbons (Fsp3) is 0.867. The van der Waals surface area contributed by atoms with E-state index >= 15 is 0 Å². The van der Waals surface area contributed by atoms with Gasteiger partial charge in [0.05, 0.1) is 11.2 Å². The van der Waals surface area contributed by atoms with Crippen LogP contribution >= 0.6 is 0 Å². The molecule has 0 amide bonds. The SMILES string of the molecule is CCC[C@@H](B1OC(C)(C)C(C)(C)O1)C(C)=C(C)C. The Morgan fingerprint density at radius 1 is 1.00 bits per heavy atom. The molecule has 0 aliphatic carbocycles. The molecule has 1 saturated heterocycles. The summed E-state index contributed by atoms with van der Waals surface area (Å²) in [6.45, 7) is 17.2. The van der Waals surface area contributed by atoms with E-state index in [2.05, 4.69) is 55.4 Å². The molecule has 2 nitrogen and oxygen atoms in total. The molecule has 1 atom stereocenters. The third-order valence-corrected chi connectivity index (χ3v) is 4.54. The zero-order valence-corrected chi connectivity index (χ0v) is 13.4. The van der Waals surface area contributed by atoms with Crippen molar-refractivity contribution < 1.29 is 9.31 Å². The maximum absolute atomic E-state index is 6.19. The second-order valence-electron chi connectivity index (χ2n) is 6.70. The third-order valence-electron chi connectivity index (χ3n) is 4.54. The normalized spacial score (nSPS) is 23.0. The summed E-state index contributed by atoms with van der Waals surface area (Å²) in [5, 5.41) is 0. The van der Waals surface area contributed by atoms with E-state index in [0.29, 0.717) is 5.82 Å². The predicted molar refractivity (Wildman–Crippen MR) is 78.8 cm³/mol. The number of allylic oxidation sites excluding steroid dienone is 2. The summed E-state index contributed by atoms with van der Waals surface area (Å²) in [6, 6.07) is 0. The van der Waals surface area contributed by atoms with Crippen LogP contribution in [-0.4, -0.2) is 18.3 Å². The highest BCUT2D eigenvalue weighted by Gasteiger charge is 2.53. The molecule has 18 heavy (non-hydrogen) atoms. The van der Waals surface area contributed by atoms with E-state index in [-0.39, 0.29) is 18.3 Å². The molecule has 0 unspecified atom stereocenters. The van der Waals surface area contributed by atoms with Gasteiger partial charge in [-0.3, -0.25) is 0 Å². The van der Waals surface area contributed by atoms with Crippen molar-refractivity contribution in [3.05, 3.63) is 11.1 Å². The summed E-state index contributed by atoms with van der Waals surface area (Å²) < 4.78 is 12.4. The lowest BCUT2D eigenvalue weighted by Gasteiger charge is -2.32. The number of rotatable bonds is 4. The third kappa shape index (κ3) is 3.00. The monoisotopic (exact) mass is 252 g/mol. The highest BCUT2D eigenvalue weighted by molar-refractivity contribution is 6.48. The molecule has 0 radical (unpaired) electrons. The zero-order chi connectivity index (χ0) is 14.1. The summed E-state index contributed by atoms with van der Waals surface area (Å²) in [4.78, 5) is 0. The van der Waals surface area contributed by atoms with Crippen LogP contribution in [0.5, 0.6) is 0 Å². The van der Waals surface area contributed by atoms with Crippen molar-refractivity contribution in [3.63, 3.8) is 0 Å². The van der Waals surface area contributed by atoms with Gasteiger partial charge in [-0.25, -0.2) is 0 Å². The van der Waals surface area contributed by atoms with Crippen molar-refractivity contribution in [2.75, 3.05) is 0 Å². The molecular weight excluding hydrogens is 223 g/mol. The Kier molecular flexibility index (Phi) is 4.72. The summed E-state index contributed by atoms with van der Waals surface area (Å²) in [6.07, 6.45) is 2.27. The molecule has 1 fully saturated rings. The molecule has 1 aliphatic heterocycles. The molecule has 1 rings (SSSR count). The lowest BCUT2D eigenvalue weighted by atomic mass is 9.65. The van der Waals surface area contributed by atoms with E-state index in [9.17, 15) is 0 Å². The minimum absolute atomic E-state index is 0.107. The van der Waals surface area contributed by atoms with Crippen molar-refractivity contribution in [2.45, 2.75) is 85.3 Å². The molecule has 1 aliphatic rings. The zero-order valence-electron chi connectivity index (χ0n) is 13.4. The number of hydrogen-bond donors (Lipinski definition) is 0. The van der Waals surface area contributed by atoms with Gasteiger partial charge in [-0.05, 0) is 54.9 Å². The standard InChI is InChI=1S/C15H29BO2/c1-9-10-13(12(4)11(2)3)16-17-14(5,6)15(7,8)18-16/h13H,9-10H2,1-8H3/t13-/m1/s1. The maximum atomic E-state index is 6.19. The van der Waals surface area contributed by atoms with E-state index in [0.717, 1.165) is 12.8 Å². The van der Waals surface area contributed by atoms with Gasteiger partial charge in [-0.1, -0.05) is 24.5 Å². The van der Waals surface area contributed by atoms with Gasteiger partial charge in [-0.15, -0.1) is 0 Å². The second-order valence-corrected chi connectivity index (χ2v) is 6.70. The minimum atomic E-state index is -0.231. The van der Waals surface area contributed by atoms with Crippen LogP contribution in [0.3, 0.4) is 0 Å². The summed E-state index contributed by atoms with van der Waals surface area (Å²) >= 11 is 0.